The molecule has 2 aromatic heterocycles. The van der Waals surface area contributed by atoms with Crippen LogP contribution in [0, 0.1) is 5.92 Å². The van der Waals surface area contributed by atoms with Crippen molar-refractivity contribution in [2.45, 2.75) is 25.7 Å². The average molecular weight is 287 g/mol. The fraction of sp³-hybridized carbons (Fsp3) is 0.500. The van der Waals surface area contributed by atoms with E-state index in [2.05, 4.69) is 16.5 Å². The first-order valence-electron chi connectivity index (χ1n) is 7.44. The van der Waals surface area contributed by atoms with Crippen LogP contribution in [0.15, 0.2) is 18.5 Å². The van der Waals surface area contributed by atoms with Gasteiger partial charge in [-0.15, -0.1) is 0 Å². The lowest BCUT2D eigenvalue weighted by molar-refractivity contribution is -0.127. The second-order valence-electron chi connectivity index (χ2n) is 5.68. The standard InChI is InChI=1S/C16H21N3O2/c1-19-10-12(6-7-17-16(20)11-4-3-5-11)14-8-13(21-2)9-18-15(14)19/h8-11H,3-7H2,1-2H3,(H,17,20). The molecule has 1 aliphatic carbocycles. The summed E-state index contributed by atoms with van der Waals surface area (Å²) in [6, 6.07) is 2.01. The van der Waals surface area contributed by atoms with Crippen LogP contribution in [0.2, 0.25) is 0 Å². The topological polar surface area (TPSA) is 56.1 Å². The molecular weight excluding hydrogens is 266 g/mol. The zero-order valence-corrected chi connectivity index (χ0v) is 12.6. The molecule has 0 radical (unpaired) electrons. The van der Waals surface area contributed by atoms with Crippen molar-refractivity contribution in [3.8, 4) is 5.75 Å². The van der Waals surface area contributed by atoms with E-state index in [-0.39, 0.29) is 11.8 Å². The molecule has 21 heavy (non-hydrogen) atoms. The molecule has 1 amide bonds. The number of pyridine rings is 1. The number of carbonyl (C=O) groups excluding carboxylic acids is 1. The molecule has 0 spiro atoms. The lowest BCUT2D eigenvalue weighted by Crippen LogP contribution is -2.35. The molecule has 1 aliphatic rings. The van der Waals surface area contributed by atoms with Crippen LogP contribution in [-0.4, -0.2) is 29.1 Å². The van der Waals surface area contributed by atoms with Crippen molar-refractivity contribution in [2.24, 2.45) is 13.0 Å². The van der Waals surface area contributed by atoms with Crippen LogP contribution >= 0.6 is 0 Å². The number of amides is 1. The monoisotopic (exact) mass is 287 g/mol. The molecule has 112 valence electrons. The van der Waals surface area contributed by atoms with Crippen LogP contribution in [-0.2, 0) is 18.3 Å². The van der Waals surface area contributed by atoms with E-state index < -0.39 is 0 Å². The molecule has 1 saturated carbocycles. The van der Waals surface area contributed by atoms with Crippen molar-refractivity contribution in [2.75, 3.05) is 13.7 Å². The first kappa shape index (κ1) is 13.9. The van der Waals surface area contributed by atoms with E-state index in [1.807, 2.05) is 17.7 Å². The second kappa shape index (κ2) is 5.76. The van der Waals surface area contributed by atoms with E-state index in [9.17, 15) is 4.79 Å². The number of aromatic nitrogens is 2. The summed E-state index contributed by atoms with van der Waals surface area (Å²) < 4.78 is 7.25. The van der Waals surface area contributed by atoms with Gasteiger partial charge in [0.1, 0.15) is 11.4 Å². The maximum absolute atomic E-state index is 11.8. The number of hydrogen-bond donors (Lipinski definition) is 1. The van der Waals surface area contributed by atoms with Crippen LogP contribution in [0.5, 0.6) is 5.75 Å². The van der Waals surface area contributed by atoms with Gasteiger partial charge in [-0.1, -0.05) is 6.42 Å². The summed E-state index contributed by atoms with van der Waals surface area (Å²) >= 11 is 0. The van der Waals surface area contributed by atoms with Gasteiger partial charge in [0.05, 0.1) is 13.3 Å². The van der Waals surface area contributed by atoms with E-state index in [1.54, 1.807) is 13.3 Å². The van der Waals surface area contributed by atoms with Gasteiger partial charge in [0.2, 0.25) is 5.91 Å². The Balaban J connectivity index is 1.69. The van der Waals surface area contributed by atoms with Gasteiger partial charge < -0.3 is 14.6 Å². The first-order chi connectivity index (χ1) is 10.2. The molecule has 0 unspecified atom stereocenters. The van der Waals surface area contributed by atoms with Gasteiger partial charge >= 0.3 is 0 Å². The zero-order valence-electron chi connectivity index (χ0n) is 12.6. The van der Waals surface area contributed by atoms with Gasteiger partial charge in [-0.25, -0.2) is 4.98 Å². The number of methoxy groups -OCH3 is 1. The molecule has 0 atom stereocenters. The first-order valence-corrected chi connectivity index (χ1v) is 7.44. The number of ether oxygens (including phenoxy) is 1. The minimum atomic E-state index is 0.206. The summed E-state index contributed by atoms with van der Waals surface area (Å²) in [6.07, 6.45) is 7.89. The molecule has 0 aromatic carbocycles. The molecule has 2 heterocycles. The third-order valence-corrected chi connectivity index (χ3v) is 4.28. The maximum Gasteiger partial charge on any atom is 0.223 e. The quantitative estimate of drug-likeness (QED) is 0.915. The summed E-state index contributed by atoms with van der Waals surface area (Å²) in [7, 11) is 3.63. The molecule has 5 nitrogen and oxygen atoms in total. The van der Waals surface area contributed by atoms with E-state index in [1.165, 1.54) is 12.0 Å². The van der Waals surface area contributed by atoms with Gasteiger partial charge in [-0.3, -0.25) is 4.79 Å². The third-order valence-electron chi connectivity index (χ3n) is 4.28. The smallest absolute Gasteiger partial charge is 0.223 e. The van der Waals surface area contributed by atoms with Crippen molar-refractivity contribution < 1.29 is 9.53 Å². The van der Waals surface area contributed by atoms with Crippen molar-refractivity contribution in [3.05, 3.63) is 24.0 Å². The van der Waals surface area contributed by atoms with Crippen LogP contribution in [0.3, 0.4) is 0 Å². The number of hydrogen-bond acceptors (Lipinski definition) is 3. The predicted molar refractivity (Wildman–Crippen MR) is 81.3 cm³/mol. The van der Waals surface area contributed by atoms with Crippen LogP contribution in [0.4, 0.5) is 0 Å². The zero-order chi connectivity index (χ0) is 14.8. The van der Waals surface area contributed by atoms with Crippen LogP contribution < -0.4 is 10.1 Å². The highest BCUT2D eigenvalue weighted by Gasteiger charge is 2.24. The number of nitrogens with zero attached hydrogens (tertiary/aromatic N) is 2. The van der Waals surface area contributed by atoms with Gasteiger partial charge in [0, 0.05) is 31.1 Å². The summed E-state index contributed by atoms with van der Waals surface area (Å²) in [5, 5.41) is 4.13. The van der Waals surface area contributed by atoms with Crippen molar-refractivity contribution >= 4 is 16.9 Å². The molecule has 1 N–H and O–H groups in total. The fourth-order valence-corrected chi connectivity index (χ4v) is 2.77. The van der Waals surface area contributed by atoms with Crippen molar-refractivity contribution in [1.29, 1.82) is 0 Å². The number of rotatable bonds is 5. The lowest BCUT2D eigenvalue weighted by atomic mass is 9.85. The average Bonchev–Trinajstić information content (AvgIpc) is 2.73. The van der Waals surface area contributed by atoms with Gasteiger partial charge in [0.15, 0.2) is 0 Å². The summed E-state index contributed by atoms with van der Waals surface area (Å²) in [5.74, 6) is 1.21. The second-order valence-corrected chi connectivity index (χ2v) is 5.68. The van der Waals surface area contributed by atoms with Crippen molar-refractivity contribution in [3.63, 3.8) is 0 Å². The Morgan fingerprint density at radius 3 is 3.00 bits per heavy atom. The highest BCUT2D eigenvalue weighted by atomic mass is 16.5. The Bertz CT molecular complexity index is 659. The molecule has 0 bridgehead atoms. The minimum Gasteiger partial charge on any atom is -0.495 e. The normalized spacial score (nSPS) is 15.0. The minimum absolute atomic E-state index is 0.206. The molecule has 3 rings (SSSR count). The Kier molecular flexibility index (Phi) is 3.82. The van der Waals surface area contributed by atoms with E-state index in [4.69, 9.17) is 4.74 Å². The van der Waals surface area contributed by atoms with Crippen molar-refractivity contribution in [1.82, 2.24) is 14.9 Å². The highest BCUT2D eigenvalue weighted by molar-refractivity contribution is 5.82. The van der Waals surface area contributed by atoms with Gasteiger partial charge in [-0.2, -0.15) is 0 Å². The Morgan fingerprint density at radius 2 is 2.33 bits per heavy atom. The fourth-order valence-electron chi connectivity index (χ4n) is 2.77. The summed E-state index contributed by atoms with van der Waals surface area (Å²) in [5.41, 5.74) is 2.13. The number of nitrogens with one attached hydrogen (secondary N) is 1. The molecule has 1 fully saturated rings. The molecule has 5 heteroatoms. The summed E-state index contributed by atoms with van der Waals surface area (Å²) in [4.78, 5) is 16.3. The Morgan fingerprint density at radius 1 is 1.52 bits per heavy atom. The highest BCUT2D eigenvalue weighted by Crippen LogP contribution is 2.26. The van der Waals surface area contributed by atoms with E-state index >= 15 is 0 Å². The third kappa shape index (κ3) is 2.73. The molecule has 0 aliphatic heterocycles. The Hall–Kier alpha value is -2.04. The van der Waals surface area contributed by atoms with E-state index in [0.717, 1.165) is 36.0 Å². The van der Waals surface area contributed by atoms with E-state index in [0.29, 0.717) is 6.54 Å². The SMILES string of the molecule is COc1cnc2c(c1)c(CCNC(=O)C1CCC1)cn2C. The number of carbonyl (C=O) groups is 1. The maximum atomic E-state index is 11.8. The van der Waals surface area contributed by atoms with Crippen LogP contribution in [0.25, 0.3) is 11.0 Å². The number of aryl methyl sites for hydroxylation is 1. The molecular formula is C16H21N3O2. The van der Waals surface area contributed by atoms with Crippen LogP contribution in [0.1, 0.15) is 24.8 Å². The summed E-state index contributed by atoms with van der Waals surface area (Å²) in [6.45, 7) is 0.672. The Labute approximate surface area is 124 Å². The molecule has 0 saturated heterocycles. The van der Waals surface area contributed by atoms with Gasteiger partial charge in [0.25, 0.3) is 0 Å². The lowest BCUT2D eigenvalue weighted by Gasteiger charge is -2.23. The number of fused-ring (bicyclic) bond motifs is 1. The largest absolute Gasteiger partial charge is 0.495 e. The predicted octanol–water partition coefficient (Wildman–Crippen LogP) is 2.04. The molecule has 2 aromatic rings. The van der Waals surface area contributed by atoms with Gasteiger partial charge in [-0.05, 0) is 30.9 Å².